The van der Waals surface area contributed by atoms with Crippen molar-refractivity contribution in [1.29, 1.82) is 0 Å². The van der Waals surface area contributed by atoms with Crippen molar-refractivity contribution >= 4 is 27.3 Å². The van der Waals surface area contributed by atoms with Crippen LogP contribution in [0.5, 0.6) is 0 Å². The molecule has 140 valence electrons. The fourth-order valence-corrected chi connectivity index (χ4v) is 5.00. The summed E-state index contributed by atoms with van der Waals surface area (Å²) >= 11 is 1.55. The minimum absolute atomic E-state index is 0.211. The van der Waals surface area contributed by atoms with Gasteiger partial charge in [0.05, 0.1) is 9.90 Å². The molecule has 8 heteroatoms. The van der Waals surface area contributed by atoms with Crippen molar-refractivity contribution in [2.75, 3.05) is 19.6 Å². The van der Waals surface area contributed by atoms with E-state index in [2.05, 4.69) is 17.2 Å². The second kappa shape index (κ2) is 8.28. The van der Waals surface area contributed by atoms with Gasteiger partial charge in [-0.3, -0.25) is 4.79 Å². The lowest BCUT2D eigenvalue weighted by molar-refractivity contribution is 0.0954. The van der Waals surface area contributed by atoms with E-state index in [1.54, 1.807) is 29.7 Å². The molecule has 1 aromatic heterocycles. The maximum atomic E-state index is 12.7. The SMILES string of the molecule is CC1CCN(S(=O)(=O)c2ccc(C(=O)NCCc3nccs3)cc2)CC1. The van der Waals surface area contributed by atoms with E-state index < -0.39 is 10.0 Å². The van der Waals surface area contributed by atoms with Crippen molar-refractivity contribution in [3.05, 3.63) is 46.4 Å². The molecule has 0 unspecified atom stereocenters. The van der Waals surface area contributed by atoms with Crippen LogP contribution in [0.4, 0.5) is 0 Å². The third-order valence-corrected chi connectivity index (χ3v) is 7.36. The van der Waals surface area contributed by atoms with E-state index in [4.69, 9.17) is 0 Å². The Morgan fingerprint density at radius 1 is 1.27 bits per heavy atom. The fourth-order valence-electron chi connectivity index (χ4n) is 2.91. The molecule has 0 atom stereocenters. The minimum atomic E-state index is -3.48. The number of piperidine rings is 1. The molecule has 0 aliphatic carbocycles. The van der Waals surface area contributed by atoms with Crippen molar-refractivity contribution < 1.29 is 13.2 Å². The number of aromatic nitrogens is 1. The Balaban J connectivity index is 1.59. The number of benzene rings is 1. The van der Waals surface area contributed by atoms with Crippen molar-refractivity contribution in [3.63, 3.8) is 0 Å². The summed E-state index contributed by atoms with van der Waals surface area (Å²) in [5.41, 5.74) is 0.454. The largest absolute Gasteiger partial charge is 0.352 e. The number of nitrogens with zero attached hydrogens (tertiary/aromatic N) is 2. The van der Waals surface area contributed by atoms with E-state index in [0.29, 0.717) is 37.5 Å². The maximum absolute atomic E-state index is 12.7. The van der Waals surface area contributed by atoms with Crippen LogP contribution >= 0.6 is 11.3 Å². The fraction of sp³-hybridized carbons (Fsp3) is 0.444. The summed E-state index contributed by atoms with van der Waals surface area (Å²) in [6.45, 7) is 3.76. The lowest BCUT2D eigenvalue weighted by atomic mass is 10.0. The van der Waals surface area contributed by atoms with E-state index in [1.165, 1.54) is 16.4 Å². The summed E-state index contributed by atoms with van der Waals surface area (Å²) in [6.07, 6.45) is 4.20. The van der Waals surface area contributed by atoms with Gasteiger partial charge >= 0.3 is 0 Å². The smallest absolute Gasteiger partial charge is 0.251 e. The first-order valence-corrected chi connectivity index (χ1v) is 11.1. The molecule has 0 radical (unpaired) electrons. The highest BCUT2D eigenvalue weighted by molar-refractivity contribution is 7.89. The molecule has 0 spiro atoms. The standard InChI is InChI=1S/C18H23N3O3S2/c1-14-7-11-21(12-8-14)26(23,24)16-4-2-15(3-5-16)18(22)20-9-6-17-19-10-13-25-17/h2-5,10,13-14H,6-9,11-12H2,1H3,(H,20,22). The first-order chi connectivity index (χ1) is 12.5. The Morgan fingerprint density at radius 2 is 1.96 bits per heavy atom. The lowest BCUT2D eigenvalue weighted by Crippen LogP contribution is -2.37. The highest BCUT2D eigenvalue weighted by Gasteiger charge is 2.28. The zero-order chi connectivity index (χ0) is 18.6. The van der Waals surface area contributed by atoms with E-state index >= 15 is 0 Å². The van der Waals surface area contributed by atoms with Gasteiger partial charge < -0.3 is 5.32 Å². The Hall–Kier alpha value is -1.77. The average Bonchev–Trinajstić information content (AvgIpc) is 3.15. The normalized spacial score (nSPS) is 16.5. The van der Waals surface area contributed by atoms with E-state index in [9.17, 15) is 13.2 Å². The molecule has 3 rings (SSSR count). The zero-order valence-corrected chi connectivity index (χ0v) is 16.4. The molecule has 1 aliphatic rings. The van der Waals surface area contributed by atoms with E-state index in [0.717, 1.165) is 17.8 Å². The number of carbonyl (C=O) groups is 1. The van der Waals surface area contributed by atoms with Crippen LogP contribution in [-0.4, -0.2) is 43.2 Å². The van der Waals surface area contributed by atoms with Crippen molar-refractivity contribution in [1.82, 2.24) is 14.6 Å². The number of rotatable bonds is 6. The molecule has 1 aliphatic heterocycles. The summed E-state index contributed by atoms with van der Waals surface area (Å²) in [4.78, 5) is 16.6. The van der Waals surface area contributed by atoms with Crippen molar-refractivity contribution in [2.24, 2.45) is 5.92 Å². The second-order valence-electron chi connectivity index (χ2n) is 6.54. The predicted octanol–water partition coefficient (Wildman–Crippen LogP) is 2.54. The highest BCUT2D eigenvalue weighted by Crippen LogP contribution is 2.23. The van der Waals surface area contributed by atoms with Crippen LogP contribution in [0.1, 0.15) is 35.1 Å². The van der Waals surface area contributed by atoms with Gasteiger partial charge in [-0.1, -0.05) is 6.92 Å². The zero-order valence-electron chi connectivity index (χ0n) is 14.7. The number of sulfonamides is 1. The molecule has 0 saturated carbocycles. The van der Waals surface area contributed by atoms with Crippen LogP contribution in [0.3, 0.4) is 0 Å². The highest BCUT2D eigenvalue weighted by atomic mass is 32.2. The van der Waals surface area contributed by atoms with Crippen LogP contribution in [-0.2, 0) is 16.4 Å². The van der Waals surface area contributed by atoms with Crippen LogP contribution < -0.4 is 5.32 Å². The first-order valence-electron chi connectivity index (χ1n) is 8.73. The van der Waals surface area contributed by atoms with E-state index in [-0.39, 0.29) is 10.8 Å². The van der Waals surface area contributed by atoms with Gasteiger partial charge in [-0.05, 0) is 43.0 Å². The van der Waals surface area contributed by atoms with Crippen LogP contribution in [0, 0.1) is 5.92 Å². The van der Waals surface area contributed by atoms with Crippen LogP contribution in [0.25, 0.3) is 0 Å². The van der Waals surface area contributed by atoms with Gasteiger partial charge in [0, 0.05) is 43.2 Å². The molecule has 2 aromatic rings. The van der Waals surface area contributed by atoms with Crippen molar-refractivity contribution in [2.45, 2.75) is 31.1 Å². The summed E-state index contributed by atoms with van der Waals surface area (Å²) in [6, 6.07) is 6.17. The van der Waals surface area contributed by atoms with Gasteiger partial charge in [0.1, 0.15) is 0 Å². The van der Waals surface area contributed by atoms with Gasteiger partial charge in [0.15, 0.2) is 0 Å². The quantitative estimate of drug-likeness (QED) is 0.818. The third kappa shape index (κ3) is 4.49. The minimum Gasteiger partial charge on any atom is -0.352 e. The summed E-state index contributed by atoms with van der Waals surface area (Å²) in [7, 11) is -3.48. The number of carbonyl (C=O) groups excluding carboxylic acids is 1. The Labute approximate surface area is 158 Å². The molecule has 6 nitrogen and oxygen atoms in total. The molecule has 1 fully saturated rings. The summed E-state index contributed by atoms with van der Waals surface area (Å²) in [5, 5.41) is 5.71. The Kier molecular flexibility index (Phi) is 6.05. The van der Waals surface area contributed by atoms with E-state index in [1.807, 2.05) is 5.38 Å². The number of amides is 1. The molecule has 1 aromatic carbocycles. The van der Waals surface area contributed by atoms with Crippen molar-refractivity contribution in [3.8, 4) is 0 Å². The predicted molar refractivity (Wildman–Crippen MR) is 102 cm³/mol. The number of hydrogen-bond donors (Lipinski definition) is 1. The van der Waals surface area contributed by atoms with Gasteiger partial charge in [-0.15, -0.1) is 11.3 Å². The topological polar surface area (TPSA) is 79.4 Å². The number of nitrogens with one attached hydrogen (secondary N) is 1. The van der Waals surface area contributed by atoms with Crippen LogP contribution in [0.2, 0.25) is 0 Å². The second-order valence-corrected chi connectivity index (χ2v) is 9.46. The summed E-state index contributed by atoms with van der Waals surface area (Å²) < 4.78 is 26.9. The Morgan fingerprint density at radius 3 is 2.58 bits per heavy atom. The third-order valence-electron chi connectivity index (χ3n) is 4.60. The molecule has 1 saturated heterocycles. The van der Waals surface area contributed by atoms with Gasteiger partial charge in [-0.25, -0.2) is 13.4 Å². The monoisotopic (exact) mass is 393 g/mol. The first kappa shape index (κ1) is 19.0. The number of hydrogen-bond acceptors (Lipinski definition) is 5. The van der Waals surface area contributed by atoms with Crippen LogP contribution in [0.15, 0.2) is 40.7 Å². The average molecular weight is 394 g/mol. The maximum Gasteiger partial charge on any atom is 0.251 e. The molecule has 1 amide bonds. The molecular formula is C18H23N3O3S2. The lowest BCUT2D eigenvalue weighted by Gasteiger charge is -2.29. The molecular weight excluding hydrogens is 370 g/mol. The molecule has 1 N–H and O–H groups in total. The van der Waals surface area contributed by atoms with Gasteiger partial charge in [0.2, 0.25) is 10.0 Å². The molecule has 2 heterocycles. The van der Waals surface area contributed by atoms with Gasteiger partial charge in [-0.2, -0.15) is 4.31 Å². The molecule has 0 bridgehead atoms. The molecule has 26 heavy (non-hydrogen) atoms. The Bertz CT molecular complexity index is 825. The van der Waals surface area contributed by atoms with Gasteiger partial charge in [0.25, 0.3) is 5.91 Å². The number of thiazole rings is 1. The summed E-state index contributed by atoms with van der Waals surface area (Å²) in [5.74, 6) is 0.356.